The minimum atomic E-state index is -0.312. The molecular weight excluding hydrogens is 494 g/mol. The van der Waals surface area contributed by atoms with Gasteiger partial charge in [-0.2, -0.15) is 0 Å². The summed E-state index contributed by atoms with van der Waals surface area (Å²) in [4.78, 5) is 17.1. The molecule has 1 amide bonds. The van der Waals surface area contributed by atoms with Gasteiger partial charge in [0.1, 0.15) is 17.2 Å². The van der Waals surface area contributed by atoms with Crippen LogP contribution in [0.4, 0.5) is 11.5 Å². The Balaban J connectivity index is 1.16. The number of hydrogen-bond donors (Lipinski definition) is 2. The number of carbonyl (C=O) groups excluding carboxylic acids is 1. The monoisotopic (exact) mass is 525 g/mol. The van der Waals surface area contributed by atoms with Crippen LogP contribution in [0.3, 0.4) is 0 Å². The molecule has 1 aromatic heterocycles. The standard InChI is InChI=1S/C30H31N5O4/c1-38-26-10-8-24(9-11-26)31-30(37)27-12-13-29(33-32-27)35-16-14-34(15-17-35)20-23-7-6-22(19-28(23)39-2)21-4-3-5-25(36)18-21/h3-13,18-19,36H,14-17,20H2,1-2H3,(H,31,37). The van der Waals surface area contributed by atoms with Crippen molar-refractivity contribution in [3.63, 3.8) is 0 Å². The zero-order chi connectivity index (χ0) is 27.2. The fraction of sp³-hybridized carbons (Fsp3) is 0.233. The minimum Gasteiger partial charge on any atom is -0.508 e. The summed E-state index contributed by atoms with van der Waals surface area (Å²) in [6, 6.07) is 24.0. The molecule has 1 fully saturated rings. The van der Waals surface area contributed by atoms with Crippen LogP contribution in [0, 0.1) is 0 Å². The third-order valence-corrected chi connectivity index (χ3v) is 6.79. The topological polar surface area (TPSA) is 100 Å². The lowest BCUT2D eigenvalue weighted by Gasteiger charge is -2.35. The lowest BCUT2D eigenvalue weighted by Crippen LogP contribution is -2.46. The maximum Gasteiger partial charge on any atom is 0.276 e. The number of piperazine rings is 1. The summed E-state index contributed by atoms with van der Waals surface area (Å²) >= 11 is 0. The quantitative estimate of drug-likeness (QED) is 0.348. The van der Waals surface area contributed by atoms with Gasteiger partial charge < -0.3 is 24.8 Å². The fourth-order valence-electron chi connectivity index (χ4n) is 4.60. The summed E-state index contributed by atoms with van der Waals surface area (Å²) in [5.41, 5.74) is 3.97. The molecule has 3 aromatic carbocycles. The van der Waals surface area contributed by atoms with Crippen molar-refractivity contribution in [2.75, 3.05) is 50.6 Å². The van der Waals surface area contributed by atoms with E-state index in [1.807, 2.05) is 24.3 Å². The zero-order valence-electron chi connectivity index (χ0n) is 22.0. The molecule has 9 nitrogen and oxygen atoms in total. The molecule has 0 unspecified atom stereocenters. The van der Waals surface area contributed by atoms with Crippen LogP contribution in [0.5, 0.6) is 17.2 Å². The second kappa shape index (κ2) is 11.8. The SMILES string of the molecule is COc1ccc(NC(=O)c2ccc(N3CCN(Cc4ccc(-c5cccc(O)c5)cc4OC)CC3)nn2)cc1. The fourth-order valence-corrected chi connectivity index (χ4v) is 4.60. The smallest absolute Gasteiger partial charge is 0.276 e. The van der Waals surface area contributed by atoms with E-state index in [-0.39, 0.29) is 17.4 Å². The number of benzene rings is 3. The van der Waals surface area contributed by atoms with Gasteiger partial charge in [0.15, 0.2) is 11.5 Å². The molecule has 5 rings (SSSR count). The normalized spacial score (nSPS) is 13.6. The van der Waals surface area contributed by atoms with Crippen LogP contribution in [-0.2, 0) is 6.54 Å². The molecule has 2 N–H and O–H groups in total. The molecule has 1 aliphatic heterocycles. The second-order valence-corrected chi connectivity index (χ2v) is 9.30. The molecule has 0 atom stereocenters. The average molecular weight is 526 g/mol. The van der Waals surface area contributed by atoms with Gasteiger partial charge in [-0.1, -0.05) is 24.3 Å². The van der Waals surface area contributed by atoms with E-state index in [0.29, 0.717) is 5.69 Å². The Bertz CT molecular complexity index is 1420. The number of anilines is 2. The third-order valence-electron chi connectivity index (χ3n) is 6.79. The van der Waals surface area contributed by atoms with Crippen molar-refractivity contribution in [1.29, 1.82) is 0 Å². The summed E-state index contributed by atoms with van der Waals surface area (Å²) in [5, 5.41) is 21.1. The van der Waals surface area contributed by atoms with E-state index in [4.69, 9.17) is 9.47 Å². The van der Waals surface area contributed by atoms with E-state index in [2.05, 4.69) is 37.4 Å². The van der Waals surface area contributed by atoms with Crippen LogP contribution in [0.15, 0.2) is 78.9 Å². The van der Waals surface area contributed by atoms with Crippen molar-refractivity contribution in [3.05, 3.63) is 90.1 Å². The number of phenolic OH excluding ortho intramolecular Hbond substituents is 1. The van der Waals surface area contributed by atoms with Crippen molar-refractivity contribution in [3.8, 4) is 28.4 Å². The van der Waals surface area contributed by atoms with Crippen LogP contribution in [0.25, 0.3) is 11.1 Å². The van der Waals surface area contributed by atoms with Crippen molar-refractivity contribution in [2.45, 2.75) is 6.54 Å². The van der Waals surface area contributed by atoms with Crippen LogP contribution >= 0.6 is 0 Å². The van der Waals surface area contributed by atoms with E-state index in [0.717, 1.165) is 66.7 Å². The van der Waals surface area contributed by atoms with Crippen LogP contribution in [0.1, 0.15) is 16.1 Å². The number of aromatic hydroxyl groups is 1. The van der Waals surface area contributed by atoms with Gasteiger partial charge in [0.2, 0.25) is 0 Å². The molecule has 0 radical (unpaired) electrons. The third kappa shape index (κ3) is 6.27. The Kier molecular flexibility index (Phi) is 7.88. The number of amides is 1. The second-order valence-electron chi connectivity index (χ2n) is 9.30. The number of ether oxygens (including phenoxy) is 2. The van der Waals surface area contributed by atoms with Gasteiger partial charge in [-0.15, -0.1) is 10.2 Å². The first-order chi connectivity index (χ1) is 19.0. The molecular formula is C30H31N5O4. The predicted molar refractivity (Wildman–Crippen MR) is 151 cm³/mol. The predicted octanol–water partition coefficient (Wildman–Crippen LogP) is 4.44. The highest BCUT2D eigenvalue weighted by atomic mass is 16.5. The van der Waals surface area contributed by atoms with Crippen LogP contribution < -0.4 is 19.7 Å². The Morgan fingerprint density at radius 3 is 2.31 bits per heavy atom. The van der Waals surface area contributed by atoms with Gasteiger partial charge in [-0.05, 0) is 65.7 Å². The van der Waals surface area contributed by atoms with E-state index < -0.39 is 0 Å². The van der Waals surface area contributed by atoms with E-state index in [1.165, 1.54) is 0 Å². The molecule has 200 valence electrons. The molecule has 4 aromatic rings. The lowest BCUT2D eigenvalue weighted by atomic mass is 10.0. The maximum atomic E-state index is 12.6. The number of carbonyl (C=O) groups is 1. The molecule has 1 aliphatic rings. The number of methoxy groups -OCH3 is 2. The zero-order valence-corrected chi connectivity index (χ0v) is 22.0. The molecule has 9 heteroatoms. The van der Waals surface area contributed by atoms with Gasteiger partial charge in [-0.3, -0.25) is 9.69 Å². The van der Waals surface area contributed by atoms with Crippen molar-refractivity contribution >= 4 is 17.4 Å². The largest absolute Gasteiger partial charge is 0.508 e. The lowest BCUT2D eigenvalue weighted by molar-refractivity contribution is 0.102. The number of hydrogen-bond acceptors (Lipinski definition) is 8. The van der Waals surface area contributed by atoms with Gasteiger partial charge >= 0.3 is 0 Å². The Morgan fingerprint density at radius 1 is 0.872 bits per heavy atom. The van der Waals surface area contributed by atoms with Crippen molar-refractivity contribution < 1.29 is 19.4 Å². The number of aromatic nitrogens is 2. The summed E-state index contributed by atoms with van der Waals surface area (Å²) in [6.07, 6.45) is 0. The first-order valence-electron chi connectivity index (χ1n) is 12.7. The minimum absolute atomic E-state index is 0.240. The van der Waals surface area contributed by atoms with E-state index in [1.54, 1.807) is 56.7 Å². The molecule has 0 bridgehead atoms. The van der Waals surface area contributed by atoms with E-state index in [9.17, 15) is 9.90 Å². The van der Waals surface area contributed by atoms with Crippen molar-refractivity contribution in [2.24, 2.45) is 0 Å². The Hall–Kier alpha value is -4.63. The Morgan fingerprint density at radius 2 is 1.64 bits per heavy atom. The van der Waals surface area contributed by atoms with Gasteiger partial charge in [-0.25, -0.2) is 0 Å². The van der Waals surface area contributed by atoms with Gasteiger partial charge in [0, 0.05) is 44.0 Å². The molecule has 2 heterocycles. The molecule has 0 spiro atoms. The average Bonchev–Trinajstić information content (AvgIpc) is 2.98. The Labute approximate surface area is 227 Å². The maximum absolute atomic E-state index is 12.6. The molecule has 0 saturated carbocycles. The molecule has 1 saturated heterocycles. The van der Waals surface area contributed by atoms with E-state index >= 15 is 0 Å². The highest BCUT2D eigenvalue weighted by molar-refractivity contribution is 6.02. The number of rotatable bonds is 8. The van der Waals surface area contributed by atoms with Gasteiger partial charge in [0.05, 0.1) is 14.2 Å². The summed E-state index contributed by atoms with van der Waals surface area (Å²) < 4.78 is 10.8. The van der Waals surface area contributed by atoms with Crippen LogP contribution in [0.2, 0.25) is 0 Å². The van der Waals surface area contributed by atoms with Crippen molar-refractivity contribution in [1.82, 2.24) is 15.1 Å². The summed E-state index contributed by atoms with van der Waals surface area (Å²) in [6.45, 7) is 4.09. The number of nitrogens with zero attached hydrogens (tertiary/aromatic N) is 4. The van der Waals surface area contributed by atoms with Gasteiger partial charge in [0.25, 0.3) is 5.91 Å². The summed E-state index contributed by atoms with van der Waals surface area (Å²) in [5.74, 6) is 2.23. The highest BCUT2D eigenvalue weighted by Crippen LogP contribution is 2.30. The van der Waals surface area contributed by atoms with Crippen LogP contribution in [-0.4, -0.2) is 66.5 Å². The first kappa shape index (κ1) is 26.0. The highest BCUT2D eigenvalue weighted by Gasteiger charge is 2.20. The summed E-state index contributed by atoms with van der Waals surface area (Å²) in [7, 11) is 3.28. The molecule has 39 heavy (non-hydrogen) atoms. The first-order valence-corrected chi connectivity index (χ1v) is 12.7. The number of nitrogens with one attached hydrogen (secondary N) is 1. The number of phenols is 1. The molecule has 0 aliphatic carbocycles.